The first-order valence-electron chi connectivity index (χ1n) is 7.27. The minimum Gasteiger partial charge on any atom is -0.352 e. The van der Waals surface area contributed by atoms with Crippen molar-refractivity contribution >= 4 is 23.4 Å². The lowest BCUT2D eigenvalue weighted by atomic mass is 10.1. The van der Waals surface area contributed by atoms with Gasteiger partial charge in [0.1, 0.15) is 0 Å². The van der Waals surface area contributed by atoms with Crippen LogP contribution in [0.25, 0.3) is 0 Å². The molecule has 1 saturated carbocycles. The molecule has 0 radical (unpaired) electrons. The van der Waals surface area contributed by atoms with Crippen molar-refractivity contribution in [1.82, 2.24) is 10.6 Å². The quantitative estimate of drug-likeness (QED) is 0.846. The zero-order valence-corrected chi connectivity index (χ0v) is 13.1. The van der Waals surface area contributed by atoms with Crippen molar-refractivity contribution in [2.24, 2.45) is 11.8 Å². The van der Waals surface area contributed by atoms with Crippen LogP contribution in [0.2, 0.25) is 5.02 Å². The van der Waals surface area contributed by atoms with E-state index >= 15 is 0 Å². The fourth-order valence-corrected chi connectivity index (χ4v) is 2.59. The number of hydrogen-bond acceptors (Lipinski definition) is 2. The summed E-state index contributed by atoms with van der Waals surface area (Å²) in [4.78, 5) is 23.4. The van der Waals surface area contributed by atoms with E-state index in [9.17, 15) is 9.59 Å². The summed E-state index contributed by atoms with van der Waals surface area (Å²) in [6, 6.07) is 7.57. The van der Waals surface area contributed by atoms with Crippen molar-refractivity contribution < 1.29 is 9.59 Å². The molecular weight excluding hydrogens is 288 g/mol. The zero-order chi connectivity index (χ0) is 15.4. The normalized spacial score (nSPS) is 21.5. The molecular formula is C16H21ClN2O2. The van der Waals surface area contributed by atoms with Crippen molar-refractivity contribution in [3.8, 4) is 0 Å². The first-order chi connectivity index (χ1) is 9.95. The number of carbonyl (C=O) groups excluding carboxylic acids is 2. The van der Waals surface area contributed by atoms with Crippen molar-refractivity contribution in [2.75, 3.05) is 6.54 Å². The van der Waals surface area contributed by atoms with Gasteiger partial charge >= 0.3 is 0 Å². The summed E-state index contributed by atoms with van der Waals surface area (Å²) in [6.45, 7) is 4.02. The SMILES string of the molecule is C[C@H](Cc1cccc(Cl)c1)NC(=O)CNC(=O)[C@H]1C[C@@H]1C. The summed E-state index contributed by atoms with van der Waals surface area (Å²) in [5.74, 6) is 0.378. The summed E-state index contributed by atoms with van der Waals surface area (Å²) in [7, 11) is 0. The smallest absolute Gasteiger partial charge is 0.239 e. The van der Waals surface area contributed by atoms with Crippen LogP contribution < -0.4 is 10.6 Å². The van der Waals surface area contributed by atoms with Crippen LogP contribution in [0.15, 0.2) is 24.3 Å². The van der Waals surface area contributed by atoms with E-state index < -0.39 is 0 Å². The Morgan fingerprint density at radius 1 is 1.43 bits per heavy atom. The maximum Gasteiger partial charge on any atom is 0.239 e. The largest absolute Gasteiger partial charge is 0.352 e. The van der Waals surface area contributed by atoms with E-state index in [0.717, 1.165) is 12.0 Å². The first kappa shape index (κ1) is 15.8. The van der Waals surface area contributed by atoms with Gasteiger partial charge in [-0.2, -0.15) is 0 Å². The lowest BCUT2D eigenvalue weighted by Gasteiger charge is -2.14. The summed E-state index contributed by atoms with van der Waals surface area (Å²) < 4.78 is 0. The first-order valence-corrected chi connectivity index (χ1v) is 7.65. The van der Waals surface area contributed by atoms with E-state index in [4.69, 9.17) is 11.6 Å². The molecule has 21 heavy (non-hydrogen) atoms. The lowest BCUT2D eigenvalue weighted by Crippen LogP contribution is -2.42. The Hall–Kier alpha value is -1.55. The molecule has 0 saturated heterocycles. The molecule has 0 aliphatic heterocycles. The van der Waals surface area contributed by atoms with Gasteiger partial charge in [0, 0.05) is 17.0 Å². The van der Waals surface area contributed by atoms with E-state index in [-0.39, 0.29) is 30.3 Å². The minimum atomic E-state index is -0.161. The molecule has 2 N–H and O–H groups in total. The van der Waals surface area contributed by atoms with E-state index in [1.807, 2.05) is 38.1 Å². The number of amides is 2. The van der Waals surface area contributed by atoms with Gasteiger partial charge in [0.2, 0.25) is 11.8 Å². The van der Waals surface area contributed by atoms with Gasteiger partial charge in [-0.05, 0) is 43.4 Å². The third kappa shape index (κ3) is 5.05. The minimum absolute atomic E-state index is 0.00674. The second-order valence-electron chi connectivity index (χ2n) is 5.84. The van der Waals surface area contributed by atoms with Crippen LogP contribution >= 0.6 is 11.6 Å². The molecule has 5 heteroatoms. The average molecular weight is 309 g/mol. The fraction of sp³-hybridized carbons (Fsp3) is 0.500. The zero-order valence-electron chi connectivity index (χ0n) is 12.4. The third-order valence-electron chi connectivity index (χ3n) is 3.71. The van der Waals surface area contributed by atoms with Crippen molar-refractivity contribution in [2.45, 2.75) is 32.7 Å². The third-order valence-corrected chi connectivity index (χ3v) is 3.94. The van der Waals surface area contributed by atoms with Gasteiger partial charge < -0.3 is 10.6 Å². The van der Waals surface area contributed by atoms with E-state index in [2.05, 4.69) is 10.6 Å². The van der Waals surface area contributed by atoms with Crippen LogP contribution in [-0.4, -0.2) is 24.4 Å². The molecule has 0 aromatic heterocycles. The van der Waals surface area contributed by atoms with Crippen LogP contribution in [-0.2, 0) is 16.0 Å². The molecule has 1 fully saturated rings. The van der Waals surface area contributed by atoms with Gasteiger partial charge in [-0.1, -0.05) is 30.7 Å². The summed E-state index contributed by atoms with van der Waals surface area (Å²) in [5, 5.41) is 6.25. The summed E-state index contributed by atoms with van der Waals surface area (Å²) >= 11 is 5.93. The molecule has 0 bridgehead atoms. The second-order valence-corrected chi connectivity index (χ2v) is 6.28. The predicted octanol–water partition coefficient (Wildman–Crippen LogP) is 2.16. The molecule has 2 amide bonds. The molecule has 1 aliphatic rings. The molecule has 114 valence electrons. The molecule has 1 aromatic carbocycles. The molecule has 1 aliphatic carbocycles. The van der Waals surface area contributed by atoms with Crippen LogP contribution in [0.3, 0.4) is 0 Å². The molecule has 0 unspecified atom stereocenters. The molecule has 2 rings (SSSR count). The van der Waals surface area contributed by atoms with E-state index in [0.29, 0.717) is 17.4 Å². The highest BCUT2D eigenvalue weighted by Crippen LogP contribution is 2.37. The molecule has 0 spiro atoms. The fourth-order valence-electron chi connectivity index (χ4n) is 2.38. The number of benzene rings is 1. The standard InChI is InChI=1S/C16H21ClN2O2/c1-10-6-14(10)16(21)18-9-15(20)19-11(2)7-12-4-3-5-13(17)8-12/h3-5,8,10-11,14H,6-7,9H2,1-2H3,(H,18,21)(H,19,20)/t10-,11+,14-/m0/s1. The van der Waals surface area contributed by atoms with E-state index in [1.54, 1.807) is 0 Å². The van der Waals surface area contributed by atoms with Crippen molar-refractivity contribution in [3.63, 3.8) is 0 Å². The molecule has 3 atom stereocenters. The van der Waals surface area contributed by atoms with Gasteiger partial charge in [-0.3, -0.25) is 9.59 Å². The van der Waals surface area contributed by atoms with Gasteiger partial charge in [-0.25, -0.2) is 0 Å². The summed E-state index contributed by atoms with van der Waals surface area (Å²) in [6.07, 6.45) is 1.64. The number of halogens is 1. The average Bonchev–Trinajstić information content (AvgIpc) is 3.13. The number of hydrogen-bond donors (Lipinski definition) is 2. The van der Waals surface area contributed by atoms with Crippen LogP contribution in [0.1, 0.15) is 25.8 Å². The Balaban J connectivity index is 1.70. The van der Waals surface area contributed by atoms with E-state index in [1.165, 1.54) is 0 Å². The highest BCUT2D eigenvalue weighted by Gasteiger charge is 2.38. The van der Waals surface area contributed by atoms with Crippen LogP contribution in [0, 0.1) is 11.8 Å². The topological polar surface area (TPSA) is 58.2 Å². The monoisotopic (exact) mass is 308 g/mol. The van der Waals surface area contributed by atoms with Gasteiger partial charge in [0.05, 0.1) is 6.54 Å². The maximum atomic E-state index is 11.8. The van der Waals surface area contributed by atoms with Gasteiger partial charge in [0.15, 0.2) is 0 Å². The Morgan fingerprint density at radius 2 is 2.14 bits per heavy atom. The van der Waals surface area contributed by atoms with Crippen LogP contribution in [0.4, 0.5) is 0 Å². The number of rotatable bonds is 6. The Morgan fingerprint density at radius 3 is 2.76 bits per heavy atom. The van der Waals surface area contributed by atoms with Crippen molar-refractivity contribution in [1.29, 1.82) is 0 Å². The highest BCUT2D eigenvalue weighted by atomic mass is 35.5. The van der Waals surface area contributed by atoms with Gasteiger partial charge in [-0.15, -0.1) is 0 Å². The second kappa shape index (κ2) is 6.94. The van der Waals surface area contributed by atoms with Gasteiger partial charge in [0.25, 0.3) is 0 Å². The number of nitrogens with one attached hydrogen (secondary N) is 2. The lowest BCUT2D eigenvalue weighted by molar-refractivity contribution is -0.127. The van der Waals surface area contributed by atoms with Crippen molar-refractivity contribution in [3.05, 3.63) is 34.9 Å². The molecule has 4 nitrogen and oxygen atoms in total. The molecule has 0 heterocycles. The maximum absolute atomic E-state index is 11.8. The molecule has 1 aromatic rings. The number of carbonyl (C=O) groups is 2. The van der Waals surface area contributed by atoms with Crippen LogP contribution in [0.5, 0.6) is 0 Å². The highest BCUT2D eigenvalue weighted by molar-refractivity contribution is 6.30. The predicted molar refractivity (Wildman–Crippen MR) is 83.0 cm³/mol. The summed E-state index contributed by atoms with van der Waals surface area (Å²) in [5.41, 5.74) is 1.08. The Kier molecular flexibility index (Phi) is 5.23. The Bertz CT molecular complexity index is 533. The Labute approximate surface area is 130 Å².